The van der Waals surface area contributed by atoms with Gasteiger partial charge >= 0.3 is 6.03 Å². The van der Waals surface area contributed by atoms with Gasteiger partial charge in [-0.15, -0.1) is 0 Å². The zero-order valence-corrected chi connectivity index (χ0v) is 12.9. The van der Waals surface area contributed by atoms with Gasteiger partial charge in [0.1, 0.15) is 17.4 Å². The number of urea groups is 1. The Morgan fingerprint density at radius 2 is 1.96 bits per heavy atom. The maximum atomic E-state index is 13.7. The molecule has 0 fully saturated rings. The van der Waals surface area contributed by atoms with Crippen molar-refractivity contribution in [1.82, 2.24) is 5.32 Å². The normalized spacial score (nSPS) is 11.7. The van der Waals surface area contributed by atoms with Gasteiger partial charge in [0, 0.05) is 11.6 Å². The van der Waals surface area contributed by atoms with E-state index in [0.717, 1.165) is 12.1 Å². The number of anilines is 1. The third-order valence-corrected chi connectivity index (χ3v) is 3.21. The molecule has 1 unspecified atom stereocenters. The van der Waals surface area contributed by atoms with Gasteiger partial charge in [0.25, 0.3) is 0 Å². The van der Waals surface area contributed by atoms with Gasteiger partial charge < -0.3 is 15.4 Å². The van der Waals surface area contributed by atoms with Crippen molar-refractivity contribution >= 4 is 11.7 Å². The standard InChI is InChI=1S/C17H18F2N2O2/c1-3-23-16-7-5-4-6-15(16)21-17(22)20-11(2)13-9-8-12(18)10-14(13)19/h4-11H,3H2,1-2H3,(H2,20,21,22). The van der Waals surface area contributed by atoms with E-state index >= 15 is 0 Å². The molecule has 0 aliphatic heterocycles. The average molecular weight is 320 g/mol. The first-order valence-corrected chi connectivity index (χ1v) is 7.25. The molecule has 0 saturated carbocycles. The maximum absolute atomic E-state index is 13.7. The summed E-state index contributed by atoms with van der Waals surface area (Å²) in [6.45, 7) is 3.93. The van der Waals surface area contributed by atoms with Gasteiger partial charge in [0.05, 0.1) is 18.3 Å². The lowest BCUT2D eigenvalue weighted by Crippen LogP contribution is -2.31. The first kappa shape index (κ1) is 16.7. The molecule has 0 spiro atoms. The van der Waals surface area contributed by atoms with Crippen molar-refractivity contribution < 1.29 is 18.3 Å². The van der Waals surface area contributed by atoms with Crippen LogP contribution in [0.5, 0.6) is 5.75 Å². The number of hydrogen-bond donors (Lipinski definition) is 2. The molecule has 0 saturated heterocycles. The Labute approximate surface area is 133 Å². The minimum atomic E-state index is -0.701. The number of halogens is 2. The number of carbonyl (C=O) groups is 1. The van der Waals surface area contributed by atoms with Crippen LogP contribution < -0.4 is 15.4 Å². The highest BCUT2D eigenvalue weighted by atomic mass is 19.1. The van der Waals surface area contributed by atoms with Crippen LogP contribution in [0.4, 0.5) is 19.3 Å². The molecule has 0 aliphatic rings. The number of benzene rings is 2. The summed E-state index contributed by atoms with van der Waals surface area (Å²) < 4.78 is 32.1. The topological polar surface area (TPSA) is 50.4 Å². The Kier molecular flexibility index (Phi) is 5.51. The van der Waals surface area contributed by atoms with E-state index in [1.165, 1.54) is 6.07 Å². The molecule has 0 bridgehead atoms. The highest BCUT2D eigenvalue weighted by Gasteiger charge is 2.15. The summed E-state index contributed by atoms with van der Waals surface area (Å²) >= 11 is 0. The highest BCUT2D eigenvalue weighted by molar-refractivity contribution is 5.91. The lowest BCUT2D eigenvalue weighted by Gasteiger charge is -2.17. The maximum Gasteiger partial charge on any atom is 0.319 e. The van der Waals surface area contributed by atoms with E-state index in [1.807, 2.05) is 6.92 Å². The molecule has 0 aliphatic carbocycles. The zero-order valence-electron chi connectivity index (χ0n) is 12.9. The predicted octanol–water partition coefficient (Wildman–Crippen LogP) is 4.25. The van der Waals surface area contributed by atoms with Gasteiger partial charge in [0.15, 0.2) is 0 Å². The summed E-state index contributed by atoms with van der Waals surface area (Å²) in [6, 6.07) is 9.13. The van der Waals surface area contributed by atoms with Crippen LogP contribution in [0.1, 0.15) is 25.5 Å². The Bertz CT molecular complexity index is 692. The van der Waals surface area contributed by atoms with E-state index in [-0.39, 0.29) is 5.56 Å². The summed E-state index contributed by atoms with van der Waals surface area (Å²) in [5, 5.41) is 5.26. The van der Waals surface area contributed by atoms with Gasteiger partial charge in [-0.3, -0.25) is 0 Å². The van der Waals surface area contributed by atoms with Crippen molar-refractivity contribution in [2.75, 3.05) is 11.9 Å². The van der Waals surface area contributed by atoms with Crippen LogP contribution >= 0.6 is 0 Å². The molecule has 6 heteroatoms. The molecule has 0 radical (unpaired) electrons. The first-order valence-electron chi connectivity index (χ1n) is 7.25. The van der Waals surface area contributed by atoms with Gasteiger partial charge in [0.2, 0.25) is 0 Å². The van der Waals surface area contributed by atoms with Crippen LogP contribution in [0.25, 0.3) is 0 Å². The number of amides is 2. The van der Waals surface area contributed by atoms with Crippen LogP contribution in [0, 0.1) is 11.6 Å². The van der Waals surface area contributed by atoms with Crippen molar-refractivity contribution in [1.29, 1.82) is 0 Å². The molecule has 4 nitrogen and oxygen atoms in total. The van der Waals surface area contributed by atoms with Gasteiger partial charge in [-0.05, 0) is 32.0 Å². The minimum Gasteiger partial charge on any atom is -0.492 e. The quantitative estimate of drug-likeness (QED) is 0.865. The summed E-state index contributed by atoms with van der Waals surface area (Å²) in [7, 11) is 0. The number of para-hydroxylation sites is 2. The first-order chi connectivity index (χ1) is 11.0. The molecule has 2 rings (SSSR count). The van der Waals surface area contributed by atoms with E-state index in [0.29, 0.717) is 18.0 Å². The van der Waals surface area contributed by atoms with E-state index in [1.54, 1.807) is 31.2 Å². The number of ether oxygens (including phenoxy) is 1. The van der Waals surface area contributed by atoms with Crippen molar-refractivity contribution in [2.45, 2.75) is 19.9 Å². The monoisotopic (exact) mass is 320 g/mol. The molecule has 0 heterocycles. The van der Waals surface area contributed by atoms with Crippen molar-refractivity contribution in [2.24, 2.45) is 0 Å². The fourth-order valence-corrected chi connectivity index (χ4v) is 2.14. The Morgan fingerprint density at radius 1 is 1.22 bits per heavy atom. The van der Waals surface area contributed by atoms with Gasteiger partial charge in [-0.25, -0.2) is 13.6 Å². The van der Waals surface area contributed by atoms with Crippen molar-refractivity contribution in [3.63, 3.8) is 0 Å². The Balaban J connectivity index is 2.04. The van der Waals surface area contributed by atoms with Crippen LogP contribution in [0.15, 0.2) is 42.5 Å². The summed E-state index contributed by atoms with van der Waals surface area (Å²) in [5.74, 6) is -0.813. The predicted molar refractivity (Wildman–Crippen MR) is 84.5 cm³/mol. The van der Waals surface area contributed by atoms with E-state index in [9.17, 15) is 13.6 Å². The molecule has 1 atom stereocenters. The van der Waals surface area contributed by atoms with Crippen LogP contribution in [-0.4, -0.2) is 12.6 Å². The number of hydrogen-bond acceptors (Lipinski definition) is 2. The smallest absolute Gasteiger partial charge is 0.319 e. The molecule has 2 aromatic rings. The third-order valence-electron chi connectivity index (χ3n) is 3.21. The second-order valence-corrected chi connectivity index (χ2v) is 4.92. The summed E-state index contributed by atoms with van der Waals surface area (Å²) in [6.07, 6.45) is 0. The highest BCUT2D eigenvalue weighted by Crippen LogP contribution is 2.24. The average Bonchev–Trinajstić information content (AvgIpc) is 2.49. The van der Waals surface area contributed by atoms with Crippen molar-refractivity contribution in [3.8, 4) is 5.75 Å². The SMILES string of the molecule is CCOc1ccccc1NC(=O)NC(C)c1ccc(F)cc1F. The third kappa shape index (κ3) is 4.42. The van der Waals surface area contributed by atoms with Crippen molar-refractivity contribution in [3.05, 3.63) is 59.7 Å². The van der Waals surface area contributed by atoms with E-state index in [4.69, 9.17) is 4.74 Å². The second kappa shape index (κ2) is 7.58. The lowest BCUT2D eigenvalue weighted by molar-refractivity contribution is 0.249. The molecule has 0 aromatic heterocycles. The van der Waals surface area contributed by atoms with Crippen LogP contribution in [0.3, 0.4) is 0 Å². The van der Waals surface area contributed by atoms with Gasteiger partial charge in [-0.2, -0.15) is 0 Å². The fraction of sp³-hybridized carbons (Fsp3) is 0.235. The molecular formula is C17H18F2N2O2. The van der Waals surface area contributed by atoms with E-state index in [2.05, 4.69) is 10.6 Å². The zero-order chi connectivity index (χ0) is 16.8. The largest absolute Gasteiger partial charge is 0.492 e. The number of nitrogens with one attached hydrogen (secondary N) is 2. The molecule has 2 N–H and O–H groups in total. The molecular weight excluding hydrogens is 302 g/mol. The van der Waals surface area contributed by atoms with Crippen LogP contribution in [0.2, 0.25) is 0 Å². The van der Waals surface area contributed by atoms with Crippen LogP contribution in [-0.2, 0) is 0 Å². The molecule has 2 amide bonds. The number of rotatable bonds is 5. The van der Waals surface area contributed by atoms with Gasteiger partial charge in [-0.1, -0.05) is 18.2 Å². The number of carbonyl (C=O) groups excluding carboxylic acids is 1. The minimum absolute atomic E-state index is 0.208. The fourth-order valence-electron chi connectivity index (χ4n) is 2.14. The Morgan fingerprint density at radius 3 is 2.65 bits per heavy atom. The lowest BCUT2D eigenvalue weighted by atomic mass is 10.1. The van der Waals surface area contributed by atoms with E-state index < -0.39 is 23.7 Å². The summed E-state index contributed by atoms with van der Waals surface area (Å²) in [5.41, 5.74) is 0.721. The molecule has 23 heavy (non-hydrogen) atoms. The molecule has 122 valence electrons. The molecule has 2 aromatic carbocycles. The Hall–Kier alpha value is -2.63. The second-order valence-electron chi connectivity index (χ2n) is 4.92. The summed E-state index contributed by atoms with van der Waals surface area (Å²) in [4.78, 5) is 12.1.